The molecule has 1 aliphatic heterocycles. The van der Waals surface area contributed by atoms with Gasteiger partial charge >= 0.3 is 0 Å². The molecule has 0 aromatic heterocycles. The van der Waals surface area contributed by atoms with Gasteiger partial charge in [-0.05, 0) is 43.2 Å². The second-order valence-corrected chi connectivity index (χ2v) is 8.66. The van der Waals surface area contributed by atoms with Crippen LogP contribution >= 0.6 is 0 Å². The Balaban J connectivity index is 1.85. The highest BCUT2D eigenvalue weighted by Gasteiger charge is 2.35. The van der Waals surface area contributed by atoms with Crippen LogP contribution in [0.15, 0.2) is 54.6 Å². The largest absolute Gasteiger partial charge is 0.494 e. The molecule has 1 unspecified atom stereocenters. The molecule has 0 aliphatic carbocycles. The van der Waals surface area contributed by atoms with Crippen molar-refractivity contribution < 1.29 is 17.9 Å². The van der Waals surface area contributed by atoms with E-state index in [1.54, 1.807) is 29.2 Å². The molecule has 5 nitrogen and oxygen atoms in total. The van der Waals surface area contributed by atoms with Crippen LogP contribution in [-0.4, -0.2) is 43.4 Å². The van der Waals surface area contributed by atoms with Gasteiger partial charge in [0.25, 0.3) is 5.91 Å². The van der Waals surface area contributed by atoms with Gasteiger partial charge in [-0.1, -0.05) is 30.3 Å². The topological polar surface area (TPSA) is 63.7 Å². The summed E-state index contributed by atoms with van der Waals surface area (Å²) in [6.07, 6.45) is 0.484. The summed E-state index contributed by atoms with van der Waals surface area (Å²) in [6.45, 7) is 2.86. The molecule has 0 radical (unpaired) electrons. The SMILES string of the molecule is CCOc1ccc(C(=O)N(Cc2ccccc2)C2CCS(=O)(=O)C2)cc1. The van der Waals surface area contributed by atoms with Crippen molar-refractivity contribution in [3.8, 4) is 5.75 Å². The number of amides is 1. The van der Waals surface area contributed by atoms with Crippen LogP contribution < -0.4 is 4.74 Å². The molecule has 26 heavy (non-hydrogen) atoms. The Labute approximate surface area is 154 Å². The van der Waals surface area contributed by atoms with Crippen molar-refractivity contribution in [3.63, 3.8) is 0 Å². The van der Waals surface area contributed by atoms with Gasteiger partial charge in [0.1, 0.15) is 5.75 Å². The number of rotatable bonds is 6. The normalized spacial score (nSPS) is 18.4. The summed E-state index contributed by atoms with van der Waals surface area (Å²) >= 11 is 0. The van der Waals surface area contributed by atoms with Crippen LogP contribution in [0.1, 0.15) is 29.3 Å². The van der Waals surface area contributed by atoms with Crippen LogP contribution in [-0.2, 0) is 16.4 Å². The fourth-order valence-electron chi connectivity index (χ4n) is 3.19. The van der Waals surface area contributed by atoms with Crippen molar-refractivity contribution in [3.05, 3.63) is 65.7 Å². The van der Waals surface area contributed by atoms with Crippen molar-refractivity contribution in [2.75, 3.05) is 18.1 Å². The van der Waals surface area contributed by atoms with E-state index in [1.807, 2.05) is 37.3 Å². The highest BCUT2D eigenvalue weighted by Crippen LogP contribution is 2.23. The average Bonchev–Trinajstić information content (AvgIpc) is 3.00. The molecule has 0 N–H and O–H groups in total. The van der Waals surface area contributed by atoms with E-state index in [2.05, 4.69) is 0 Å². The van der Waals surface area contributed by atoms with Crippen LogP contribution in [0.4, 0.5) is 0 Å². The number of ether oxygens (including phenoxy) is 1. The third kappa shape index (κ3) is 4.43. The van der Waals surface area contributed by atoms with Crippen LogP contribution in [0.25, 0.3) is 0 Å². The van der Waals surface area contributed by atoms with Gasteiger partial charge in [-0.2, -0.15) is 0 Å². The number of hydrogen-bond acceptors (Lipinski definition) is 4. The first kappa shape index (κ1) is 18.5. The van der Waals surface area contributed by atoms with Gasteiger partial charge in [-0.3, -0.25) is 4.79 Å². The maximum Gasteiger partial charge on any atom is 0.254 e. The first-order chi connectivity index (χ1) is 12.5. The lowest BCUT2D eigenvalue weighted by atomic mass is 10.1. The summed E-state index contributed by atoms with van der Waals surface area (Å²) in [4.78, 5) is 14.8. The Bertz CT molecular complexity index is 847. The molecule has 2 aromatic rings. The summed E-state index contributed by atoms with van der Waals surface area (Å²) in [5.74, 6) is 0.725. The molecule has 1 saturated heterocycles. The quantitative estimate of drug-likeness (QED) is 0.781. The maximum atomic E-state index is 13.1. The molecule has 0 spiro atoms. The summed E-state index contributed by atoms with van der Waals surface area (Å²) in [5, 5.41) is 0. The zero-order valence-electron chi connectivity index (χ0n) is 14.8. The van der Waals surface area contributed by atoms with E-state index in [9.17, 15) is 13.2 Å². The lowest BCUT2D eigenvalue weighted by molar-refractivity contribution is 0.0681. The molecule has 138 valence electrons. The highest BCUT2D eigenvalue weighted by molar-refractivity contribution is 7.91. The van der Waals surface area contributed by atoms with Gasteiger partial charge in [0.15, 0.2) is 9.84 Å². The van der Waals surface area contributed by atoms with Gasteiger partial charge in [0.2, 0.25) is 0 Å². The molecule has 1 fully saturated rings. The van der Waals surface area contributed by atoms with E-state index in [0.717, 1.165) is 5.56 Å². The number of benzene rings is 2. The predicted molar refractivity (Wildman–Crippen MR) is 101 cm³/mol. The smallest absolute Gasteiger partial charge is 0.254 e. The van der Waals surface area contributed by atoms with E-state index < -0.39 is 9.84 Å². The monoisotopic (exact) mass is 373 g/mol. The van der Waals surface area contributed by atoms with Gasteiger partial charge in [0, 0.05) is 18.2 Å². The van der Waals surface area contributed by atoms with Crippen LogP contribution in [0.5, 0.6) is 5.75 Å². The molecule has 1 aliphatic rings. The number of carbonyl (C=O) groups is 1. The fraction of sp³-hybridized carbons (Fsp3) is 0.350. The van der Waals surface area contributed by atoms with Gasteiger partial charge < -0.3 is 9.64 Å². The van der Waals surface area contributed by atoms with Gasteiger partial charge in [0.05, 0.1) is 18.1 Å². The minimum Gasteiger partial charge on any atom is -0.494 e. The second kappa shape index (κ2) is 7.91. The number of nitrogens with zero attached hydrogens (tertiary/aromatic N) is 1. The summed E-state index contributed by atoms with van der Waals surface area (Å²) < 4.78 is 29.3. The molecular weight excluding hydrogens is 350 g/mol. The minimum atomic E-state index is -3.08. The maximum absolute atomic E-state index is 13.1. The first-order valence-corrected chi connectivity index (χ1v) is 10.6. The summed E-state index contributed by atoms with van der Waals surface area (Å²) in [5.41, 5.74) is 1.52. The molecule has 0 saturated carbocycles. The average molecular weight is 373 g/mol. The third-order valence-electron chi connectivity index (χ3n) is 4.52. The first-order valence-electron chi connectivity index (χ1n) is 8.76. The van der Waals surface area contributed by atoms with Gasteiger partial charge in [-0.25, -0.2) is 8.42 Å². The minimum absolute atomic E-state index is 0.0304. The predicted octanol–water partition coefficient (Wildman–Crippen LogP) is 2.91. The standard InChI is InChI=1S/C20H23NO4S/c1-2-25-19-10-8-17(9-11-19)20(22)21(14-16-6-4-3-5-7-16)18-12-13-26(23,24)15-18/h3-11,18H,2,12-15H2,1H3. The lowest BCUT2D eigenvalue weighted by Gasteiger charge is -2.28. The molecule has 2 aromatic carbocycles. The van der Waals surface area contributed by atoms with Crippen molar-refractivity contribution in [2.45, 2.75) is 25.9 Å². The van der Waals surface area contributed by atoms with E-state index in [0.29, 0.717) is 30.9 Å². The zero-order chi connectivity index (χ0) is 18.6. The Morgan fingerprint density at radius 3 is 2.38 bits per heavy atom. The van der Waals surface area contributed by atoms with E-state index in [1.165, 1.54) is 0 Å². The van der Waals surface area contributed by atoms with Crippen molar-refractivity contribution in [1.82, 2.24) is 4.90 Å². The lowest BCUT2D eigenvalue weighted by Crippen LogP contribution is -2.40. The van der Waals surface area contributed by atoms with E-state index >= 15 is 0 Å². The Morgan fingerprint density at radius 1 is 1.12 bits per heavy atom. The van der Waals surface area contributed by atoms with Gasteiger partial charge in [-0.15, -0.1) is 0 Å². The number of hydrogen-bond donors (Lipinski definition) is 0. The second-order valence-electron chi connectivity index (χ2n) is 6.43. The van der Waals surface area contributed by atoms with E-state index in [4.69, 9.17) is 4.74 Å². The molecule has 3 rings (SSSR count). The van der Waals surface area contributed by atoms with Crippen molar-refractivity contribution >= 4 is 15.7 Å². The van der Waals surface area contributed by atoms with Crippen LogP contribution in [0.3, 0.4) is 0 Å². The van der Waals surface area contributed by atoms with Crippen molar-refractivity contribution in [2.24, 2.45) is 0 Å². The Morgan fingerprint density at radius 2 is 1.81 bits per heavy atom. The fourth-order valence-corrected chi connectivity index (χ4v) is 4.92. The number of carbonyl (C=O) groups excluding carboxylic acids is 1. The summed E-state index contributed by atoms with van der Waals surface area (Å²) in [7, 11) is -3.08. The van der Waals surface area contributed by atoms with E-state index in [-0.39, 0.29) is 23.5 Å². The number of sulfone groups is 1. The Hall–Kier alpha value is -2.34. The molecule has 6 heteroatoms. The zero-order valence-corrected chi connectivity index (χ0v) is 15.6. The van der Waals surface area contributed by atoms with Crippen molar-refractivity contribution in [1.29, 1.82) is 0 Å². The van der Waals surface area contributed by atoms with Crippen LogP contribution in [0, 0.1) is 0 Å². The molecule has 1 atom stereocenters. The molecular formula is C20H23NO4S. The highest BCUT2D eigenvalue weighted by atomic mass is 32.2. The Kier molecular flexibility index (Phi) is 5.61. The molecule has 1 amide bonds. The van der Waals surface area contributed by atoms with Crippen LogP contribution in [0.2, 0.25) is 0 Å². The molecule has 1 heterocycles. The summed E-state index contributed by atoms with van der Waals surface area (Å²) in [6, 6.07) is 16.3. The molecule has 0 bridgehead atoms. The third-order valence-corrected chi connectivity index (χ3v) is 6.27.